The minimum absolute atomic E-state index is 0.165. The fourth-order valence-corrected chi connectivity index (χ4v) is 3.45. The van der Waals surface area contributed by atoms with Crippen LogP contribution in [0, 0.1) is 0 Å². The maximum Gasteiger partial charge on any atom is 0.337 e. The van der Waals surface area contributed by atoms with E-state index >= 15 is 0 Å². The van der Waals surface area contributed by atoms with E-state index in [0.717, 1.165) is 36.3 Å². The van der Waals surface area contributed by atoms with Crippen molar-refractivity contribution in [2.75, 3.05) is 31.8 Å². The van der Waals surface area contributed by atoms with Gasteiger partial charge in [-0.15, -0.1) is 0 Å². The van der Waals surface area contributed by atoms with Crippen molar-refractivity contribution < 1.29 is 14.3 Å². The second kappa shape index (κ2) is 8.92. The van der Waals surface area contributed by atoms with Crippen molar-refractivity contribution in [3.05, 3.63) is 64.9 Å². The molecule has 6 heteroatoms. The van der Waals surface area contributed by atoms with Gasteiger partial charge in [0.15, 0.2) is 0 Å². The molecule has 152 valence electrons. The average molecular weight is 393 g/mol. The molecule has 0 saturated carbocycles. The number of esters is 1. The minimum atomic E-state index is -0.427. The number of nitrogens with zero attached hydrogens (tertiary/aromatic N) is 1. The second-order valence-electron chi connectivity index (χ2n) is 7.37. The van der Waals surface area contributed by atoms with Crippen molar-refractivity contribution in [3.8, 4) is 0 Å². The van der Waals surface area contributed by atoms with Crippen molar-refractivity contribution in [2.45, 2.75) is 26.3 Å². The van der Waals surface area contributed by atoms with Gasteiger partial charge in [0.2, 0.25) is 0 Å². The Morgan fingerprint density at radius 1 is 1.14 bits per heavy atom. The van der Waals surface area contributed by atoms with E-state index in [1.807, 2.05) is 26.2 Å². The molecule has 2 aromatic rings. The lowest BCUT2D eigenvalue weighted by molar-refractivity contribution is -0.110. The molecular formula is C23H27N3O3. The van der Waals surface area contributed by atoms with Gasteiger partial charge in [-0.05, 0) is 50.3 Å². The molecule has 3 rings (SSSR count). The summed E-state index contributed by atoms with van der Waals surface area (Å²) < 4.78 is 4.77. The molecule has 0 aromatic heterocycles. The number of rotatable bonds is 7. The lowest BCUT2D eigenvalue weighted by Crippen LogP contribution is -2.11. The smallest absolute Gasteiger partial charge is 0.337 e. The molecule has 0 atom stereocenters. The van der Waals surface area contributed by atoms with Gasteiger partial charge in [0.1, 0.15) is 0 Å². The third-order valence-electron chi connectivity index (χ3n) is 4.74. The molecule has 0 fully saturated rings. The number of carbonyl (C=O) groups excluding carboxylic acids is 2. The van der Waals surface area contributed by atoms with Crippen LogP contribution in [0.5, 0.6) is 0 Å². The van der Waals surface area contributed by atoms with Gasteiger partial charge >= 0.3 is 5.97 Å². The van der Waals surface area contributed by atoms with Crippen molar-refractivity contribution in [3.63, 3.8) is 0 Å². The number of amides is 1. The van der Waals surface area contributed by atoms with Crippen LogP contribution < -0.4 is 10.6 Å². The van der Waals surface area contributed by atoms with E-state index in [2.05, 4.69) is 34.6 Å². The van der Waals surface area contributed by atoms with E-state index in [0.29, 0.717) is 16.8 Å². The number of benzene rings is 2. The Bertz CT molecular complexity index is 946. The highest BCUT2D eigenvalue weighted by Crippen LogP contribution is 2.36. The summed E-state index contributed by atoms with van der Waals surface area (Å²) in [5.41, 5.74) is 5.49. The third kappa shape index (κ3) is 4.66. The zero-order chi connectivity index (χ0) is 21.0. The van der Waals surface area contributed by atoms with Crippen LogP contribution in [0.1, 0.15) is 41.3 Å². The SMILES string of the molecule is CCCC(Nc1ccc(CN(C)C)cc1)=C1C(=O)Nc2cc(C(=O)OC)ccc21. The first-order valence-electron chi connectivity index (χ1n) is 9.70. The molecule has 0 saturated heterocycles. The largest absolute Gasteiger partial charge is 0.465 e. The highest BCUT2D eigenvalue weighted by Gasteiger charge is 2.28. The number of fused-ring (bicyclic) bond motifs is 1. The van der Waals surface area contributed by atoms with Crippen LogP contribution in [0.2, 0.25) is 0 Å². The van der Waals surface area contributed by atoms with E-state index in [4.69, 9.17) is 4.74 Å². The first kappa shape index (κ1) is 20.6. The fraction of sp³-hybridized carbons (Fsp3) is 0.304. The quantitative estimate of drug-likeness (QED) is 0.547. The molecule has 0 bridgehead atoms. The standard InChI is InChI=1S/C23H27N3O3/c1-5-6-19(24-17-10-7-15(8-11-17)14-26(2)3)21-18-12-9-16(23(28)29-4)13-20(18)25-22(21)27/h7-13,24H,5-6,14H2,1-4H3,(H,25,27). The summed E-state index contributed by atoms with van der Waals surface area (Å²) in [6, 6.07) is 13.4. The molecule has 1 aliphatic rings. The maximum absolute atomic E-state index is 12.7. The van der Waals surface area contributed by atoms with Crippen molar-refractivity contribution in [1.82, 2.24) is 4.90 Å². The van der Waals surface area contributed by atoms with Crippen LogP contribution >= 0.6 is 0 Å². The summed E-state index contributed by atoms with van der Waals surface area (Å²) in [6.45, 7) is 2.96. The molecule has 2 aromatic carbocycles. The first-order chi connectivity index (χ1) is 13.9. The highest BCUT2D eigenvalue weighted by atomic mass is 16.5. The van der Waals surface area contributed by atoms with Crippen LogP contribution in [-0.4, -0.2) is 38.0 Å². The number of carbonyl (C=O) groups is 2. The summed E-state index contributed by atoms with van der Waals surface area (Å²) >= 11 is 0. The third-order valence-corrected chi connectivity index (χ3v) is 4.74. The molecule has 6 nitrogen and oxygen atoms in total. The number of nitrogens with one attached hydrogen (secondary N) is 2. The molecule has 2 N–H and O–H groups in total. The number of anilines is 2. The predicted octanol–water partition coefficient (Wildman–Crippen LogP) is 4.11. The summed E-state index contributed by atoms with van der Waals surface area (Å²) in [6.07, 6.45) is 1.63. The summed E-state index contributed by atoms with van der Waals surface area (Å²) in [5.74, 6) is -0.591. The predicted molar refractivity (Wildman–Crippen MR) is 116 cm³/mol. The Labute approximate surface area is 171 Å². The molecule has 0 aliphatic carbocycles. The van der Waals surface area contributed by atoms with Crippen LogP contribution in [0.3, 0.4) is 0 Å². The molecule has 1 heterocycles. The monoisotopic (exact) mass is 393 g/mol. The van der Waals surface area contributed by atoms with E-state index in [1.54, 1.807) is 18.2 Å². The Morgan fingerprint density at radius 3 is 2.48 bits per heavy atom. The lowest BCUT2D eigenvalue weighted by Gasteiger charge is -2.15. The Hall–Kier alpha value is -3.12. The van der Waals surface area contributed by atoms with Crippen LogP contribution in [0.4, 0.5) is 11.4 Å². The van der Waals surface area contributed by atoms with Gasteiger partial charge in [-0.1, -0.05) is 31.5 Å². The van der Waals surface area contributed by atoms with Gasteiger partial charge in [0.25, 0.3) is 5.91 Å². The van der Waals surface area contributed by atoms with Gasteiger partial charge in [-0.25, -0.2) is 4.79 Å². The number of ether oxygens (including phenoxy) is 1. The van der Waals surface area contributed by atoms with Gasteiger partial charge < -0.3 is 20.3 Å². The zero-order valence-corrected chi connectivity index (χ0v) is 17.3. The Morgan fingerprint density at radius 2 is 1.86 bits per heavy atom. The maximum atomic E-state index is 12.7. The normalized spacial score (nSPS) is 14.4. The molecule has 1 aliphatic heterocycles. The summed E-state index contributed by atoms with van der Waals surface area (Å²) in [5, 5.41) is 6.31. The molecular weight excluding hydrogens is 366 g/mol. The topological polar surface area (TPSA) is 70.7 Å². The molecule has 0 spiro atoms. The van der Waals surface area contributed by atoms with E-state index < -0.39 is 5.97 Å². The fourth-order valence-electron chi connectivity index (χ4n) is 3.45. The van der Waals surface area contributed by atoms with E-state index in [-0.39, 0.29) is 5.91 Å². The number of hydrogen-bond acceptors (Lipinski definition) is 5. The van der Waals surface area contributed by atoms with Gasteiger partial charge in [-0.3, -0.25) is 4.79 Å². The first-order valence-corrected chi connectivity index (χ1v) is 9.70. The molecule has 1 amide bonds. The van der Waals surface area contributed by atoms with Crippen LogP contribution in [-0.2, 0) is 16.1 Å². The number of methoxy groups -OCH3 is 1. The molecule has 29 heavy (non-hydrogen) atoms. The van der Waals surface area contributed by atoms with Crippen molar-refractivity contribution in [1.29, 1.82) is 0 Å². The molecule has 0 radical (unpaired) electrons. The minimum Gasteiger partial charge on any atom is -0.465 e. The summed E-state index contributed by atoms with van der Waals surface area (Å²) in [7, 11) is 5.42. The average Bonchev–Trinajstić information content (AvgIpc) is 3.02. The summed E-state index contributed by atoms with van der Waals surface area (Å²) in [4.78, 5) is 26.6. The van der Waals surface area contributed by atoms with E-state index in [9.17, 15) is 9.59 Å². The van der Waals surface area contributed by atoms with Gasteiger partial charge in [0, 0.05) is 23.5 Å². The van der Waals surface area contributed by atoms with Crippen molar-refractivity contribution in [2.24, 2.45) is 0 Å². The Balaban J connectivity index is 1.93. The van der Waals surface area contributed by atoms with E-state index in [1.165, 1.54) is 12.7 Å². The van der Waals surface area contributed by atoms with Crippen molar-refractivity contribution >= 4 is 28.8 Å². The highest BCUT2D eigenvalue weighted by molar-refractivity contribution is 6.32. The lowest BCUT2D eigenvalue weighted by atomic mass is 10.0. The van der Waals surface area contributed by atoms with Crippen LogP contribution in [0.25, 0.3) is 5.57 Å². The van der Waals surface area contributed by atoms with Crippen LogP contribution in [0.15, 0.2) is 48.2 Å². The number of allylic oxidation sites excluding steroid dienone is 1. The Kier molecular flexibility index (Phi) is 6.34. The van der Waals surface area contributed by atoms with Gasteiger partial charge in [0.05, 0.1) is 23.9 Å². The van der Waals surface area contributed by atoms with Gasteiger partial charge in [-0.2, -0.15) is 0 Å². The number of hydrogen-bond donors (Lipinski definition) is 2. The second-order valence-corrected chi connectivity index (χ2v) is 7.37. The molecule has 0 unspecified atom stereocenters. The zero-order valence-electron chi connectivity index (χ0n) is 17.3.